The third-order valence-corrected chi connectivity index (χ3v) is 3.82. The molecule has 0 aliphatic carbocycles. The maximum Gasteiger partial charge on any atom is 0.271 e. The number of halogens is 1. The lowest BCUT2D eigenvalue weighted by Gasteiger charge is -2.15. The van der Waals surface area contributed by atoms with Crippen LogP contribution in [0.3, 0.4) is 0 Å². The molecule has 1 unspecified atom stereocenters. The number of aliphatic imine (C=N–C) groups is 1. The molecule has 0 radical (unpaired) electrons. The Bertz CT molecular complexity index is 536. The second kappa shape index (κ2) is 5.58. The third-order valence-electron chi connectivity index (χ3n) is 2.74. The second-order valence-electron chi connectivity index (χ2n) is 3.92. The number of hydroxylamine groups is 2. The van der Waals surface area contributed by atoms with Gasteiger partial charge in [-0.15, -0.1) is 11.8 Å². The molecule has 1 aliphatic heterocycles. The fourth-order valence-electron chi connectivity index (χ4n) is 1.64. The number of phenolic OH excluding ortho intramolecular Hbond substituents is 1. The fourth-order valence-corrected chi connectivity index (χ4v) is 2.69. The van der Waals surface area contributed by atoms with Gasteiger partial charge in [-0.1, -0.05) is 6.07 Å². The maximum absolute atomic E-state index is 13.3. The van der Waals surface area contributed by atoms with E-state index in [1.807, 2.05) is 0 Å². The standard InChI is InChI=1S/C12H13FN2O3S/c1-15(18-2)12(17)9-6-19-11(14-9)7-4-3-5-8(13)10(7)16/h3-5,9,16H,6H2,1-2H3. The van der Waals surface area contributed by atoms with Crippen LogP contribution in [-0.2, 0) is 9.63 Å². The Balaban J connectivity index is 2.24. The van der Waals surface area contributed by atoms with Gasteiger partial charge in [0.1, 0.15) is 11.1 Å². The number of carbonyl (C=O) groups excluding carboxylic acids is 1. The summed E-state index contributed by atoms with van der Waals surface area (Å²) >= 11 is 1.30. The number of hydrogen-bond donors (Lipinski definition) is 1. The first-order valence-electron chi connectivity index (χ1n) is 5.54. The normalized spacial score (nSPS) is 18.3. The molecule has 1 amide bonds. The first kappa shape index (κ1) is 13.8. The number of phenols is 1. The van der Waals surface area contributed by atoms with Crippen LogP contribution in [0.2, 0.25) is 0 Å². The number of amides is 1. The van der Waals surface area contributed by atoms with Crippen molar-refractivity contribution in [2.24, 2.45) is 4.99 Å². The van der Waals surface area contributed by atoms with Gasteiger partial charge >= 0.3 is 0 Å². The Morgan fingerprint density at radius 2 is 2.37 bits per heavy atom. The number of carbonyl (C=O) groups is 1. The lowest BCUT2D eigenvalue weighted by molar-refractivity contribution is -0.169. The van der Waals surface area contributed by atoms with Crippen LogP contribution < -0.4 is 0 Å². The highest BCUT2D eigenvalue weighted by molar-refractivity contribution is 8.14. The van der Waals surface area contributed by atoms with Crippen LogP contribution in [0.15, 0.2) is 23.2 Å². The molecule has 0 spiro atoms. The Morgan fingerprint density at radius 1 is 1.63 bits per heavy atom. The highest BCUT2D eigenvalue weighted by atomic mass is 32.2. The molecule has 5 nitrogen and oxygen atoms in total. The fraction of sp³-hybridized carbons (Fsp3) is 0.333. The summed E-state index contributed by atoms with van der Waals surface area (Å²) in [5.74, 6) is -0.981. The smallest absolute Gasteiger partial charge is 0.271 e. The van der Waals surface area contributed by atoms with Crippen LogP contribution in [0.5, 0.6) is 5.75 Å². The van der Waals surface area contributed by atoms with Gasteiger partial charge in [-0.05, 0) is 12.1 Å². The van der Waals surface area contributed by atoms with Gasteiger partial charge in [-0.25, -0.2) is 9.45 Å². The van der Waals surface area contributed by atoms with E-state index in [0.29, 0.717) is 16.4 Å². The Labute approximate surface area is 114 Å². The molecule has 0 aromatic heterocycles. The number of rotatable bonds is 3. The van der Waals surface area contributed by atoms with Gasteiger partial charge in [0, 0.05) is 12.8 Å². The van der Waals surface area contributed by atoms with E-state index in [9.17, 15) is 14.3 Å². The molecule has 0 saturated heterocycles. The molecule has 1 aromatic rings. The number of thioether (sulfide) groups is 1. The zero-order valence-corrected chi connectivity index (χ0v) is 11.3. The van der Waals surface area contributed by atoms with Crippen molar-refractivity contribution in [3.63, 3.8) is 0 Å². The number of benzene rings is 1. The molecule has 0 bridgehead atoms. The number of likely N-dealkylation sites (N-methyl/N-ethyl adjacent to an activating group) is 1. The Morgan fingerprint density at radius 3 is 3.05 bits per heavy atom. The average Bonchev–Trinajstić information content (AvgIpc) is 2.89. The van der Waals surface area contributed by atoms with Gasteiger partial charge in [-0.2, -0.15) is 0 Å². The van der Waals surface area contributed by atoms with Gasteiger partial charge in [0.05, 0.1) is 12.7 Å². The molecule has 1 heterocycles. The Kier molecular flexibility index (Phi) is 4.06. The lowest BCUT2D eigenvalue weighted by atomic mass is 10.2. The van der Waals surface area contributed by atoms with Crippen molar-refractivity contribution in [1.29, 1.82) is 0 Å². The number of nitrogens with zero attached hydrogens (tertiary/aromatic N) is 2. The minimum Gasteiger partial charge on any atom is -0.504 e. The monoisotopic (exact) mass is 284 g/mol. The van der Waals surface area contributed by atoms with Gasteiger partial charge in [0.2, 0.25) is 0 Å². The third kappa shape index (κ3) is 2.71. The molecule has 1 atom stereocenters. The second-order valence-corrected chi connectivity index (χ2v) is 4.92. The summed E-state index contributed by atoms with van der Waals surface area (Å²) in [7, 11) is 2.89. The highest BCUT2D eigenvalue weighted by Gasteiger charge is 2.29. The molecule has 1 aliphatic rings. The summed E-state index contributed by atoms with van der Waals surface area (Å²) in [6.07, 6.45) is 0. The van der Waals surface area contributed by atoms with Crippen molar-refractivity contribution >= 4 is 22.7 Å². The van der Waals surface area contributed by atoms with Gasteiger partial charge < -0.3 is 5.11 Å². The summed E-state index contributed by atoms with van der Waals surface area (Å²) < 4.78 is 13.3. The molecule has 102 valence electrons. The van der Waals surface area contributed by atoms with Crippen molar-refractivity contribution in [1.82, 2.24) is 5.06 Å². The molecule has 19 heavy (non-hydrogen) atoms. The maximum atomic E-state index is 13.3. The van der Waals surface area contributed by atoms with E-state index < -0.39 is 17.6 Å². The summed E-state index contributed by atoms with van der Waals surface area (Å²) in [4.78, 5) is 20.9. The zero-order chi connectivity index (χ0) is 14.0. The average molecular weight is 284 g/mol. The van der Waals surface area contributed by atoms with E-state index in [4.69, 9.17) is 4.84 Å². The van der Waals surface area contributed by atoms with E-state index >= 15 is 0 Å². The molecule has 0 fully saturated rings. The molecular formula is C12H13FN2O3S. The van der Waals surface area contributed by atoms with E-state index in [1.54, 1.807) is 6.07 Å². The minimum atomic E-state index is -0.704. The van der Waals surface area contributed by atoms with E-state index in [0.717, 1.165) is 5.06 Å². The molecule has 1 aromatic carbocycles. The number of aromatic hydroxyl groups is 1. The molecule has 0 saturated carbocycles. The van der Waals surface area contributed by atoms with Crippen LogP contribution in [-0.4, -0.2) is 47.1 Å². The molecule has 2 rings (SSSR count). The zero-order valence-electron chi connectivity index (χ0n) is 10.5. The number of hydrogen-bond acceptors (Lipinski definition) is 5. The summed E-state index contributed by atoms with van der Waals surface area (Å²) in [5, 5.41) is 11.2. The van der Waals surface area contributed by atoms with Crippen molar-refractivity contribution in [3.8, 4) is 5.75 Å². The molecule has 7 heteroatoms. The SMILES string of the molecule is CON(C)C(=O)C1CSC(c2cccc(F)c2O)=N1. The van der Waals surface area contributed by atoms with E-state index in [1.165, 1.54) is 38.1 Å². The summed E-state index contributed by atoms with van der Waals surface area (Å²) in [5.41, 5.74) is 0.306. The molecule has 1 N–H and O–H groups in total. The van der Waals surface area contributed by atoms with Crippen molar-refractivity contribution in [2.75, 3.05) is 19.9 Å². The predicted molar refractivity (Wildman–Crippen MR) is 70.6 cm³/mol. The minimum absolute atomic E-state index is 0.277. The van der Waals surface area contributed by atoms with E-state index in [-0.39, 0.29) is 5.91 Å². The summed E-state index contributed by atoms with van der Waals surface area (Å²) in [6.45, 7) is 0. The predicted octanol–water partition coefficient (Wildman–Crippen LogP) is 1.41. The largest absolute Gasteiger partial charge is 0.504 e. The topological polar surface area (TPSA) is 62.1 Å². The van der Waals surface area contributed by atoms with Gasteiger partial charge in [0.15, 0.2) is 11.6 Å². The first-order chi connectivity index (χ1) is 9.04. The molecular weight excluding hydrogens is 271 g/mol. The van der Waals surface area contributed by atoms with Crippen molar-refractivity contribution in [2.45, 2.75) is 6.04 Å². The van der Waals surface area contributed by atoms with Crippen molar-refractivity contribution < 1.29 is 19.1 Å². The number of para-hydroxylation sites is 1. The van der Waals surface area contributed by atoms with Crippen LogP contribution in [0.1, 0.15) is 5.56 Å². The van der Waals surface area contributed by atoms with Gasteiger partial charge in [0.25, 0.3) is 5.91 Å². The van der Waals surface area contributed by atoms with Crippen LogP contribution in [0.25, 0.3) is 0 Å². The van der Waals surface area contributed by atoms with Crippen LogP contribution >= 0.6 is 11.8 Å². The first-order valence-corrected chi connectivity index (χ1v) is 6.53. The van der Waals surface area contributed by atoms with Crippen LogP contribution in [0.4, 0.5) is 4.39 Å². The lowest BCUT2D eigenvalue weighted by Crippen LogP contribution is -2.34. The van der Waals surface area contributed by atoms with Crippen LogP contribution in [0, 0.1) is 5.82 Å². The summed E-state index contributed by atoms with van der Waals surface area (Å²) in [6, 6.07) is 3.65. The highest BCUT2D eigenvalue weighted by Crippen LogP contribution is 2.30. The van der Waals surface area contributed by atoms with Crippen molar-refractivity contribution in [3.05, 3.63) is 29.6 Å². The Hall–Kier alpha value is -1.60. The van der Waals surface area contributed by atoms with Gasteiger partial charge in [-0.3, -0.25) is 14.6 Å². The van der Waals surface area contributed by atoms with E-state index in [2.05, 4.69) is 4.99 Å². The quantitative estimate of drug-likeness (QED) is 0.853.